The Bertz CT molecular complexity index is 737. The lowest BCUT2D eigenvalue weighted by molar-refractivity contribution is 0.371. The zero-order valence-corrected chi connectivity index (χ0v) is 12.6. The molecule has 4 rings (SSSR count). The van der Waals surface area contributed by atoms with Crippen LogP contribution in [0.15, 0.2) is 45.7 Å². The minimum absolute atomic E-state index is 0.336. The van der Waals surface area contributed by atoms with E-state index >= 15 is 0 Å². The number of rotatable bonds is 4. The Labute approximate surface area is 129 Å². The molecule has 1 aromatic carbocycles. The van der Waals surface area contributed by atoms with E-state index in [0.29, 0.717) is 24.2 Å². The summed E-state index contributed by atoms with van der Waals surface area (Å²) in [7, 11) is 0. The smallest absolute Gasteiger partial charge is 0.230 e. The molecule has 2 aromatic heterocycles. The van der Waals surface area contributed by atoms with Gasteiger partial charge in [0.2, 0.25) is 5.89 Å². The maximum Gasteiger partial charge on any atom is 0.230 e. The fourth-order valence-electron chi connectivity index (χ4n) is 2.49. The third kappa shape index (κ3) is 2.61. The molecule has 1 aliphatic carbocycles. The molecule has 0 saturated heterocycles. The van der Waals surface area contributed by atoms with E-state index < -0.39 is 0 Å². The van der Waals surface area contributed by atoms with Gasteiger partial charge in [-0.05, 0) is 30.0 Å². The van der Waals surface area contributed by atoms with Crippen molar-refractivity contribution in [3.05, 3.63) is 58.4 Å². The van der Waals surface area contributed by atoms with Crippen molar-refractivity contribution in [3.8, 4) is 0 Å². The molecule has 7 heteroatoms. The Morgan fingerprint density at radius 1 is 1.24 bits per heavy atom. The Balaban J connectivity index is 1.46. The van der Waals surface area contributed by atoms with Crippen LogP contribution >= 0.6 is 15.9 Å². The fourth-order valence-corrected chi connectivity index (χ4v) is 2.75. The second-order valence-corrected chi connectivity index (χ2v) is 6.07. The van der Waals surface area contributed by atoms with E-state index in [4.69, 9.17) is 4.52 Å². The van der Waals surface area contributed by atoms with Crippen molar-refractivity contribution in [2.24, 2.45) is 0 Å². The van der Waals surface area contributed by atoms with E-state index in [9.17, 15) is 0 Å². The van der Waals surface area contributed by atoms with Gasteiger partial charge in [-0.3, -0.25) is 0 Å². The summed E-state index contributed by atoms with van der Waals surface area (Å²) in [5.41, 5.74) is 1.32. The molecule has 21 heavy (non-hydrogen) atoms. The van der Waals surface area contributed by atoms with Crippen LogP contribution in [0.25, 0.3) is 0 Å². The molecule has 1 fully saturated rings. The van der Waals surface area contributed by atoms with Crippen molar-refractivity contribution >= 4 is 15.9 Å². The van der Waals surface area contributed by atoms with Crippen LogP contribution < -0.4 is 0 Å². The van der Waals surface area contributed by atoms with Crippen LogP contribution in [0.1, 0.15) is 35.5 Å². The molecule has 2 atom stereocenters. The average molecular weight is 346 g/mol. The maximum absolute atomic E-state index is 5.38. The molecule has 0 radical (unpaired) electrons. The third-order valence-corrected chi connectivity index (χ3v) is 4.19. The van der Waals surface area contributed by atoms with Crippen molar-refractivity contribution in [2.45, 2.75) is 24.8 Å². The highest BCUT2D eigenvalue weighted by atomic mass is 79.9. The number of benzene rings is 1. The SMILES string of the molecule is Brc1ccc([C@@H]2C[C@H]2c2nc(Cn3ccnn3)no2)cc1. The molecule has 0 amide bonds. The van der Waals surface area contributed by atoms with Crippen molar-refractivity contribution in [1.82, 2.24) is 25.1 Å². The van der Waals surface area contributed by atoms with Gasteiger partial charge >= 0.3 is 0 Å². The van der Waals surface area contributed by atoms with Gasteiger partial charge in [0, 0.05) is 16.6 Å². The highest BCUT2D eigenvalue weighted by Gasteiger charge is 2.43. The summed E-state index contributed by atoms with van der Waals surface area (Å²) >= 11 is 3.45. The molecule has 0 unspecified atom stereocenters. The molecule has 1 aliphatic rings. The summed E-state index contributed by atoms with van der Waals surface area (Å²) in [5.74, 6) is 2.18. The summed E-state index contributed by atoms with van der Waals surface area (Å²) < 4.78 is 8.15. The maximum atomic E-state index is 5.38. The van der Waals surface area contributed by atoms with E-state index in [1.165, 1.54) is 5.56 Å². The quantitative estimate of drug-likeness (QED) is 0.727. The van der Waals surface area contributed by atoms with Gasteiger partial charge in [-0.1, -0.05) is 38.4 Å². The molecule has 6 nitrogen and oxygen atoms in total. The first kappa shape index (κ1) is 12.7. The van der Waals surface area contributed by atoms with Crippen molar-refractivity contribution in [3.63, 3.8) is 0 Å². The van der Waals surface area contributed by atoms with Crippen LogP contribution in [0.2, 0.25) is 0 Å². The lowest BCUT2D eigenvalue weighted by Gasteiger charge is -1.98. The lowest BCUT2D eigenvalue weighted by atomic mass is 10.1. The largest absolute Gasteiger partial charge is 0.339 e. The minimum atomic E-state index is 0.336. The molecule has 1 saturated carbocycles. The normalized spacial score (nSPS) is 20.6. The average Bonchev–Trinajstić information content (AvgIpc) is 2.90. The topological polar surface area (TPSA) is 69.6 Å². The van der Waals surface area contributed by atoms with Gasteiger partial charge in [-0.15, -0.1) is 5.10 Å². The highest BCUT2D eigenvalue weighted by Crippen LogP contribution is 2.54. The van der Waals surface area contributed by atoms with E-state index in [2.05, 4.69) is 60.6 Å². The van der Waals surface area contributed by atoms with Crippen LogP contribution in [-0.4, -0.2) is 25.1 Å². The van der Waals surface area contributed by atoms with Gasteiger partial charge in [0.1, 0.15) is 6.54 Å². The molecular weight excluding hydrogens is 334 g/mol. The van der Waals surface area contributed by atoms with Gasteiger partial charge in [0.15, 0.2) is 5.82 Å². The summed E-state index contributed by atoms with van der Waals surface area (Å²) in [6.45, 7) is 0.485. The predicted octanol–water partition coefficient (Wildman–Crippen LogP) is 2.74. The number of halogens is 1. The monoisotopic (exact) mass is 345 g/mol. The number of hydrogen-bond donors (Lipinski definition) is 0. The van der Waals surface area contributed by atoms with Crippen LogP contribution in [-0.2, 0) is 6.54 Å². The molecule has 0 aliphatic heterocycles. The van der Waals surface area contributed by atoms with E-state index in [-0.39, 0.29) is 0 Å². The van der Waals surface area contributed by atoms with Gasteiger partial charge in [0.25, 0.3) is 0 Å². The Hall–Kier alpha value is -2.02. The summed E-state index contributed by atoms with van der Waals surface area (Å²) in [5, 5.41) is 11.7. The molecule has 0 spiro atoms. The van der Waals surface area contributed by atoms with Gasteiger partial charge in [0.05, 0.1) is 6.20 Å². The Morgan fingerprint density at radius 2 is 2.10 bits per heavy atom. The van der Waals surface area contributed by atoms with Crippen LogP contribution in [0, 0.1) is 0 Å². The van der Waals surface area contributed by atoms with E-state index in [0.717, 1.165) is 16.8 Å². The first-order chi connectivity index (χ1) is 10.3. The van der Waals surface area contributed by atoms with Crippen LogP contribution in [0.4, 0.5) is 0 Å². The fraction of sp³-hybridized carbons (Fsp3) is 0.286. The minimum Gasteiger partial charge on any atom is -0.339 e. The molecule has 0 N–H and O–H groups in total. The second kappa shape index (κ2) is 5.07. The van der Waals surface area contributed by atoms with Crippen molar-refractivity contribution in [2.75, 3.05) is 0 Å². The van der Waals surface area contributed by atoms with Crippen LogP contribution in [0.3, 0.4) is 0 Å². The second-order valence-electron chi connectivity index (χ2n) is 5.15. The van der Waals surface area contributed by atoms with Gasteiger partial charge in [-0.25, -0.2) is 4.68 Å². The summed E-state index contributed by atoms with van der Waals surface area (Å²) in [6.07, 6.45) is 4.47. The lowest BCUT2D eigenvalue weighted by Crippen LogP contribution is -2.02. The third-order valence-electron chi connectivity index (χ3n) is 3.66. The molecule has 2 heterocycles. The van der Waals surface area contributed by atoms with Crippen LogP contribution in [0.5, 0.6) is 0 Å². The summed E-state index contributed by atoms with van der Waals surface area (Å²) in [4.78, 5) is 4.46. The number of hydrogen-bond acceptors (Lipinski definition) is 5. The first-order valence-corrected chi connectivity index (χ1v) is 7.51. The van der Waals surface area contributed by atoms with Gasteiger partial charge < -0.3 is 4.52 Å². The van der Waals surface area contributed by atoms with Gasteiger partial charge in [-0.2, -0.15) is 4.98 Å². The number of nitrogens with zero attached hydrogens (tertiary/aromatic N) is 5. The molecular formula is C14H12BrN5O. The van der Waals surface area contributed by atoms with Crippen molar-refractivity contribution < 1.29 is 4.52 Å². The number of aromatic nitrogens is 5. The molecule has 3 aromatic rings. The standard InChI is InChI=1S/C14H12BrN5O/c15-10-3-1-9(2-4-10)11-7-12(11)14-17-13(18-21-14)8-20-6-5-16-19-20/h1-6,11-12H,7-8H2/t11-,12+/m0/s1. The van der Waals surface area contributed by atoms with E-state index in [1.807, 2.05) is 0 Å². The Kier molecular flexibility index (Phi) is 3.07. The highest BCUT2D eigenvalue weighted by molar-refractivity contribution is 9.10. The molecule has 0 bridgehead atoms. The zero-order chi connectivity index (χ0) is 14.2. The van der Waals surface area contributed by atoms with Crippen molar-refractivity contribution in [1.29, 1.82) is 0 Å². The Morgan fingerprint density at radius 3 is 2.86 bits per heavy atom. The molecule has 106 valence electrons. The zero-order valence-electron chi connectivity index (χ0n) is 11.1. The van der Waals surface area contributed by atoms with E-state index in [1.54, 1.807) is 17.1 Å². The summed E-state index contributed by atoms with van der Waals surface area (Å²) in [6, 6.07) is 8.41. The predicted molar refractivity (Wildman–Crippen MR) is 77.7 cm³/mol. The first-order valence-electron chi connectivity index (χ1n) is 6.71.